The molecule has 1 heterocycles. The summed E-state index contributed by atoms with van der Waals surface area (Å²) in [5, 5.41) is 9.06. The number of ether oxygens (including phenoxy) is 1. The first-order valence-corrected chi connectivity index (χ1v) is 5.98. The van der Waals surface area contributed by atoms with Gasteiger partial charge in [-0.15, -0.1) is 0 Å². The van der Waals surface area contributed by atoms with Crippen molar-refractivity contribution in [2.45, 2.75) is 44.6 Å². The van der Waals surface area contributed by atoms with Crippen LogP contribution in [0.1, 0.15) is 38.5 Å². The predicted octanol–water partition coefficient (Wildman–Crippen LogP) is 2.88. The van der Waals surface area contributed by atoms with E-state index < -0.39 is 12.1 Å². The predicted molar refractivity (Wildman–Crippen MR) is 60.9 cm³/mol. The Morgan fingerprint density at radius 3 is 3.06 bits per heavy atom. The molecule has 88 valence electrons. The minimum Gasteiger partial charge on any atom is -0.486 e. The second-order valence-electron chi connectivity index (χ2n) is 4.57. The molecule has 0 fully saturated rings. The van der Waals surface area contributed by atoms with E-state index in [-0.39, 0.29) is 5.92 Å². The van der Waals surface area contributed by atoms with E-state index in [4.69, 9.17) is 9.84 Å². The second-order valence-corrected chi connectivity index (χ2v) is 4.57. The summed E-state index contributed by atoms with van der Waals surface area (Å²) in [6.07, 6.45) is 11.5. The summed E-state index contributed by atoms with van der Waals surface area (Å²) in [6, 6.07) is 0. The summed E-state index contributed by atoms with van der Waals surface area (Å²) < 4.78 is 5.19. The van der Waals surface area contributed by atoms with Crippen LogP contribution in [0, 0.1) is 5.92 Å². The number of carboxylic acid groups (broad SMARTS) is 1. The highest BCUT2D eigenvalue weighted by Gasteiger charge is 2.31. The Labute approximate surface area is 95.8 Å². The number of allylic oxidation sites excluding steroid dienone is 3. The zero-order valence-corrected chi connectivity index (χ0v) is 9.39. The third-order valence-corrected chi connectivity index (χ3v) is 3.34. The standard InChI is InChI=1S/C13H18O3/c14-13(15)12-11(7-4-8-16-12)9-10-5-2-1-3-6-10/h4-5,8,11-12H,1-3,6-7,9H2,(H,14,15). The van der Waals surface area contributed by atoms with Crippen LogP contribution in [0.25, 0.3) is 0 Å². The zero-order chi connectivity index (χ0) is 11.4. The second kappa shape index (κ2) is 5.19. The van der Waals surface area contributed by atoms with Crippen LogP contribution in [0.3, 0.4) is 0 Å². The number of hydrogen-bond donors (Lipinski definition) is 1. The Morgan fingerprint density at radius 1 is 1.50 bits per heavy atom. The summed E-state index contributed by atoms with van der Waals surface area (Å²) in [5.74, 6) is -0.738. The highest BCUT2D eigenvalue weighted by molar-refractivity contribution is 5.73. The van der Waals surface area contributed by atoms with Crippen LogP contribution in [0.2, 0.25) is 0 Å². The molecule has 0 saturated carbocycles. The lowest BCUT2D eigenvalue weighted by Crippen LogP contribution is -2.33. The highest BCUT2D eigenvalue weighted by atomic mass is 16.5. The average Bonchev–Trinajstić information content (AvgIpc) is 2.31. The van der Waals surface area contributed by atoms with Gasteiger partial charge in [-0.3, -0.25) is 0 Å². The molecule has 2 rings (SSSR count). The van der Waals surface area contributed by atoms with Crippen molar-refractivity contribution in [3.05, 3.63) is 24.0 Å². The van der Waals surface area contributed by atoms with Crippen molar-refractivity contribution in [1.82, 2.24) is 0 Å². The van der Waals surface area contributed by atoms with Crippen molar-refractivity contribution in [3.8, 4) is 0 Å². The molecule has 16 heavy (non-hydrogen) atoms. The van der Waals surface area contributed by atoms with Crippen LogP contribution in [0.5, 0.6) is 0 Å². The minimum absolute atomic E-state index is 0.104. The third kappa shape index (κ3) is 2.65. The largest absolute Gasteiger partial charge is 0.486 e. The number of carbonyl (C=O) groups is 1. The van der Waals surface area contributed by atoms with Gasteiger partial charge in [-0.25, -0.2) is 4.79 Å². The number of hydrogen-bond acceptors (Lipinski definition) is 2. The minimum atomic E-state index is -0.842. The van der Waals surface area contributed by atoms with Gasteiger partial charge in [-0.05, 0) is 44.6 Å². The maximum atomic E-state index is 11.0. The quantitative estimate of drug-likeness (QED) is 0.747. The lowest BCUT2D eigenvalue weighted by Gasteiger charge is -2.27. The molecular formula is C13H18O3. The first-order chi connectivity index (χ1) is 7.77. The summed E-state index contributed by atoms with van der Waals surface area (Å²) in [6.45, 7) is 0. The molecule has 3 heteroatoms. The highest BCUT2D eigenvalue weighted by Crippen LogP contribution is 2.30. The van der Waals surface area contributed by atoms with Crippen LogP contribution in [0.4, 0.5) is 0 Å². The number of carboxylic acids is 1. The van der Waals surface area contributed by atoms with E-state index in [9.17, 15) is 4.79 Å². The van der Waals surface area contributed by atoms with E-state index in [1.165, 1.54) is 24.7 Å². The first-order valence-electron chi connectivity index (χ1n) is 5.98. The van der Waals surface area contributed by atoms with Gasteiger partial charge in [-0.2, -0.15) is 0 Å². The fraction of sp³-hybridized carbons (Fsp3) is 0.615. The molecule has 0 saturated heterocycles. The Hall–Kier alpha value is -1.25. The van der Waals surface area contributed by atoms with E-state index in [1.807, 2.05) is 6.08 Å². The van der Waals surface area contributed by atoms with Crippen molar-refractivity contribution in [1.29, 1.82) is 0 Å². The molecule has 3 nitrogen and oxygen atoms in total. The molecule has 1 aliphatic heterocycles. The molecular weight excluding hydrogens is 204 g/mol. The van der Waals surface area contributed by atoms with Gasteiger partial charge < -0.3 is 9.84 Å². The van der Waals surface area contributed by atoms with Crippen LogP contribution in [-0.4, -0.2) is 17.2 Å². The lowest BCUT2D eigenvalue weighted by molar-refractivity contribution is -0.150. The zero-order valence-electron chi connectivity index (χ0n) is 9.39. The Kier molecular flexibility index (Phi) is 3.65. The molecule has 0 radical (unpaired) electrons. The number of rotatable bonds is 3. The molecule has 2 aliphatic rings. The monoisotopic (exact) mass is 222 g/mol. The van der Waals surface area contributed by atoms with Gasteiger partial charge >= 0.3 is 5.97 Å². The fourth-order valence-corrected chi connectivity index (χ4v) is 2.48. The summed E-state index contributed by atoms with van der Waals surface area (Å²) >= 11 is 0. The van der Waals surface area contributed by atoms with E-state index in [0.29, 0.717) is 0 Å². The molecule has 1 N–H and O–H groups in total. The molecule has 0 bridgehead atoms. The van der Waals surface area contributed by atoms with Crippen molar-refractivity contribution >= 4 is 5.97 Å². The molecule has 0 aromatic carbocycles. The molecule has 0 aromatic heterocycles. The number of aliphatic carboxylic acids is 1. The van der Waals surface area contributed by atoms with E-state index >= 15 is 0 Å². The van der Waals surface area contributed by atoms with Gasteiger partial charge in [0.2, 0.25) is 0 Å². The van der Waals surface area contributed by atoms with Crippen LogP contribution >= 0.6 is 0 Å². The Bertz CT molecular complexity index is 317. The van der Waals surface area contributed by atoms with E-state index in [2.05, 4.69) is 6.08 Å². The van der Waals surface area contributed by atoms with Crippen LogP contribution < -0.4 is 0 Å². The van der Waals surface area contributed by atoms with Crippen molar-refractivity contribution in [2.24, 2.45) is 5.92 Å². The van der Waals surface area contributed by atoms with Gasteiger partial charge in [0.15, 0.2) is 6.10 Å². The summed E-state index contributed by atoms with van der Waals surface area (Å²) in [4.78, 5) is 11.0. The van der Waals surface area contributed by atoms with Crippen molar-refractivity contribution < 1.29 is 14.6 Å². The van der Waals surface area contributed by atoms with Gasteiger partial charge in [-0.1, -0.05) is 11.6 Å². The lowest BCUT2D eigenvalue weighted by atomic mass is 9.86. The fourth-order valence-electron chi connectivity index (χ4n) is 2.48. The smallest absolute Gasteiger partial charge is 0.345 e. The molecule has 0 amide bonds. The van der Waals surface area contributed by atoms with Gasteiger partial charge in [0.25, 0.3) is 0 Å². The first kappa shape index (κ1) is 11.2. The normalized spacial score (nSPS) is 29.4. The summed E-state index contributed by atoms with van der Waals surface area (Å²) in [7, 11) is 0. The van der Waals surface area contributed by atoms with Crippen LogP contribution in [-0.2, 0) is 9.53 Å². The molecule has 0 aromatic rings. The Balaban J connectivity index is 1.98. The van der Waals surface area contributed by atoms with E-state index in [1.54, 1.807) is 0 Å². The molecule has 2 atom stereocenters. The summed E-state index contributed by atoms with van der Waals surface area (Å²) in [5.41, 5.74) is 1.42. The van der Waals surface area contributed by atoms with Gasteiger partial charge in [0.05, 0.1) is 6.26 Å². The SMILES string of the molecule is O=C(O)C1OC=CCC1CC1=CCCCC1. The maximum Gasteiger partial charge on any atom is 0.345 e. The van der Waals surface area contributed by atoms with Gasteiger partial charge in [0, 0.05) is 5.92 Å². The Morgan fingerprint density at radius 2 is 2.38 bits per heavy atom. The van der Waals surface area contributed by atoms with Crippen molar-refractivity contribution in [2.75, 3.05) is 0 Å². The van der Waals surface area contributed by atoms with E-state index in [0.717, 1.165) is 25.7 Å². The molecule has 2 unspecified atom stereocenters. The average molecular weight is 222 g/mol. The molecule has 1 aliphatic carbocycles. The van der Waals surface area contributed by atoms with Gasteiger partial charge in [0.1, 0.15) is 0 Å². The van der Waals surface area contributed by atoms with Crippen LogP contribution in [0.15, 0.2) is 24.0 Å². The topological polar surface area (TPSA) is 46.5 Å². The third-order valence-electron chi connectivity index (χ3n) is 3.34. The molecule has 0 spiro atoms. The maximum absolute atomic E-state index is 11.0. The van der Waals surface area contributed by atoms with Crippen molar-refractivity contribution in [3.63, 3.8) is 0 Å².